The highest BCUT2D eigenvalue weighted by Gasteiger charge is 2.25. The van der Waals surface area contributed by atoms with Crippen LogP contribution in [-0.4, -0.2) is 30.4 Å². The minimum Gasteiger partial charge on any atom is -0.342 e. The first-order chi connectivity index (χ1) is 8.15. The summed E-state index contributed by atoms with van der Waals surface area (Å²) in [4.78, 5) is 14.5. The molecule has 17 heavy (non-hydrogen) atoms. The number of nitrogens with zero attached hydrogens (tertiary/aromatic N) is 1. The van der Waals surface area contributed by atoms with Crippen molar-refractivity contribution in [1.29, 1.82) is 0 Å². The fourth-order valence-corrected chi connectivity index (χ4v) is 2.62. The smallest absolute Gasteiger partial charge is 0.225 e. The van der Waals surface area contributed by atoms with Crippen LogP contribution in [0.25, 0.3) is 0 Å². The van der Waals surface area contributed by atoms with Crippen molar-refractivity contribution in [2.45, 2.75) is 52.4 Å². The molecule has 0 radical (unpaired) electrons. The van der Waals surface area contributed by atoms with Crippen LogP contribution in [0.2, 0.25) is 0 Å². The number of nitrogens with two attached hydrogens (primary N) is 1. The Balaban J connectivity index is 2.50. The van der Waals surface area contributed by atoms with Crippen LogP contribution in [0.5, 0.6) is 0 Å². The van der Waals surface area contributed by atoms with Crippen LogP contribution in [-0.2, 0) is 4.79 Å². The lowest BCUT2D eigenvalue weighted by Gasteiger charge is -2.30. The van der Waals surface area contributed by atoms with Crippen molar-refractivity contribution in [1.82, 2.24) is 4.90 Å². The Hall–Kier alpha value is -0.570. The van der Waals surface area contributed by atoms with E-state index in [0.29, 0.717) is 24.3 Å². The molecule has 1 rings (SSSR count). The Labute approximate surface area is 106 Å². The van der Waals surface area contributed by atoms with E-state index in [1.54, 1.807) is 0 Å². The summed E-state index contributed by atoms with van der Waals surface area (Å²) in [6.07, 6.45) is 6.86. The molecule has 1 aliphatic carbocycles. The summed E-state index contributed by atoms with van der Waals surface area (Å²) < 4.78 is 0. The molecule has 3 nitrogen and oxygen atoms in total. The van der Waals surface area contributed by atoms with Crippen molar-refractivity contribution in [3.8, 4) is 0 Å². The summed E-state index contributed by atoms with van der Waals surface area (Å²) in [5, 5.41) is 0. The highest BCUT2D eigenvalue weighted by molar-refractivity contribution is 5.78. The van der Waals surface area contributed by atoms with Crippen LogP contribution >= 0.6 is 0 Å². The van der Waals surface area contributed by atoms with Crippen molar-refractivity contribution in [3.05, 3.63) is 0 Å². The van der Waals surface area contributed by atoms with E-state index in [0.717, 1.165) is 32.4 Å². The molecule has 2 N–H and O–H groups in total. The van der Waals surface area contributed by atoms with Crippen molar-refractivity contribution >= 4 is 5.91 Å². The third-order valence-corrected chi connectivity index (χ3v) is 3.48. The predicted molar refractivity (Wildman–Crippen MR) is 71.7 cm³/mol. The van der Waals surface area contributed by atoms with E-state index in [1.165, 1.54) is 19.3 Å². The lowest BCUT2D eigenvalue weighted by molar-refractivity contribution is -0.137. The third kappa shape index (κ3) is 5.07. The second kappa shape index (κ2) is 7.70. The van der Waals surface area contributed by atoms with E-state index in [4.69, 9.17) is 5.73 Å². The Morgan fingerprint density at radius 3 is 2.47 bits per heavy atom. The van der Waals surface area contributed by atoms with E-state index in [-0.39, 0.29) is 0 Å². The van der Waals surface area contributed by atoms with Crippen molar-refractivity contribution in [2.24, 2.45) is 17.6 Å². The van der Waals surface area contributed by atoms with Gasteiger partial charge in [-0.2, -0.15) is 0 Å². The Kier molecular flexibility index (Phi) is 6.56. The number of hydrogen-bond donors (Lipinski definition) is 1. The molecule has 1 saturated carbocycles. The molecule has 0 spiro atoms. The van der Waals surface area contributed by atoms with Gasteiger partial charge in [-0.1, -0.05) is 33.1 Å². The molecule has 1 fully saturated rings. The standard InChI is InChI=1S/C14H28N2O/c1-12(2)11-16(10-6-9-15)14(17)13-7-4-3-5-8-13/h12-13H,3-11,15H2,1-2H3. The first-order valence-electron chi connectivity index (χ1n) is 7.14. The van der Waals surface area contributed by atoms with Crippen LogP contribution in [0.15, 0.2) is 0 Å². The van der Waals surface area contributed by atoms with Gasteiger partial charge in [0, 0.05) is 19.0 Å². The van der Waals surface area contributed by atoms with Crippen LogP contribution < -0.4 is 5.73 Å². The van der Waals surface area contributed by atoms with Crippen molar-refractivity contribution < 1.29 is 4.79 Å². The van der Waals surface area contributed by atoms with Gasteiger partial charge in [0.2, 0.25) is 5.91 Å². The Morgan fingerprint density at radius 2 is 1.94 bits per heavy atom. The van der Waals surface area contributed by atoms with E-state index < -0.39 is 0 Å². The molecule has 100 valence electrons. The second-order valence-corrected chi connectivity index (χ2v) is 5.66. The largest absolute Gasteiger partial charge is 0.342 e. The van der Waals surface area contributed by atoms with Gasteiger partial charge >= 0.3 is 0 Å². The van der Waals surface area contributed by atoms with Crippen LogP contribution in [0.1, 0.15) is 52.4 Å². The maximum absolute atomic E-state index is 12.4. The van der Waals surface area contributed by atoms with E-state index in [2.05, 4.69) is 13.8 Å². The molecule has 0 aromatic carbocycles. The molecule has 0 aromatic rings. The molecule has 0 aliphatic heterocycles. The lowest BCUT2D eigenvalue weighted by atomic mass is 9.88. The van der Waals surface area contributed by atoms with Gasteiger partial charge in [0.05, 0.1) is 0 Å². The number of amides is 1. The summed E-state index contributed by atoms with van der Waals surface area (Å²) in [5.41, 5.74) is 5.55. The molecule has 0 atom stereocenters. The number of carbonyl (C=O) groups is 1. The first-order valence-corrected chi connectivity index (χ1v) is 7.14. The Morgan fingerprint density at radius 1 is 1.29 bits per heavy atom. The zero-order valence-electron chi connectivity index (χ0n) is 11.5. The number of hydrogen-bond acceptors (Lipinski definition) is 2. The average molecular weight is 240 g/mol. The van der Waals surface area contributed by atoms with Gasteiger partial charge in [-0.3, -0.25) is 4.79 Å². The third-order valence-electron chi connectivity index (χ3n) is 3.48. The zero-order chi connectivity index (χ0) is 12.7. The van der Waals surface area contributed by atoms with Gasteiger partial charge < -0.3 is 10.6 Å². The predicted octanol–water partition coefficient (Wildman–Crippen LogP) is 2.40. The van der Waals surface area contributed by atoms with E-state index in [1.807, 2.05) is 4.90 Å². The highest BCUT2D eigenvalue weighted by Crippen LogP contribution is 2.25. The topological polar surface area (TPSA) is 46.3 Å². The molecule has 0 saturated heterocycles. The molecule has 0 bridgehead atoms. The summed E-state index contributed by atoms with van der Waals surface area (Å²) in [6, 6.07) is 0. The molecule has 0 unspecified atom stereocenters. The molecule has 0 aromatic heterocycles. The summed E-state index contributed by atoms with van der Waals surface area (Å²) in [7, 11) is 0. The minimum absolute atomic E-state index is 0.292. The fourth-order valence-electron chi connectivity index (χ4n) is 2.62. The maximum atomic E-state index is 12.4. The van der Waals surface area contributed by atoms with Crippen LogP contribution in [0.4, 0.5) is 0 Å². The van der Waals surface area contributed by atoms with Gasteiger partial charge in [-0.25, -0.2) is 0 Å². The first kappa shape index (κ1) is 14.5. The fraction of sp³-hybridized carbons (Fsp3) is 0.929. The molecule has 3 heteroatoms. The average Bonchev–Trinajstić information content (AvgIpc) is 2.34. The van der Waals surface area contributed by atoms with E-state index >= 15 is 0 Å². The Bertz CT molecular complexity index is 222. The zero-order valence-corrected chi connectivity index (χ0v) is 11.5. The maximum Gasteiger partial charge on any atom is 0.225 e. The number of rotatable bonds is 6. The quantitative estimate of drug-likeness (QED) is 0.775. The summed E-state index contributed by atoms with van der Waals surface area (Å²) in [5.74, 6) is 1.22. The monoisotopic (exact) mass is 240 g/mol. The van der Waals surface area contributed by atoms with Crippen LogP contribution in [0.3, 0.4) is 0 Å². The minimum atomic E-state index is 0.292. The lowest BCUT2D eigenvalue weighted by Crippen LogP contribution is -2.40. The summed E-state index contributed by atoms with van der Waals surface area (Å²) >= 11 is 0. The molecular formula is C14H28N2O. The molecule has 1 aliphatic rings. The number of carbonyl (C=O) groups excluding carboxylic acids is 1. The SMILES string of the molecule is CC(C)CN(CCCN)C(=O)C1CCCCC1. The molecule has 0 heterocycles. The van der Waals surface area contributed by atoms with E-state index in [9.17, 15) is 4.79 Å². The van der Waals surface area contributed by atoms with Gasteiger partial charge in [0.1, 0.15) is 0 Å². The van der Waals surface area contributed by atoms with Crippen molar-refractivity contribution in [2.75, 3.05) is 19.6 Å². The van der Waals surface area contributed by atoms with Gasteiger partial charge in [0.15, 0.2) is 0 Å². The van der Waals surface area contributed by atoms with Crippen LogP contribution in [0, 0.1) is 11.8 Å². The normalized spacial score (nSPS) is 17.4. The molecule has 1 amide bonds. The summed E-state index contributed by atoms with van der Waals surface area (Å²) in [6.45, 7) is 6.74. The molecular weight excluding hydrogens is 212 g/mol. The van der Waals surface area contributed by atoms with Gasteiger partial charge in [-0.05, 0) is 31.7 Å². The van der Waals surface area contributed by atoms with Crippen molar-refractivity contribution in [3.63, 3.8) is 0 Å². The van der Waals surface area contributed by atoms with Gasteiger partial charge in [0.25, 0.3) is 0 Å². The van der Waals surface area contributed by atoms with Gasteiger partial charge in [-0.15, -0.1) is 0 Å². The highest BCUT2D eigenvalue weighted by atomic mass is 16.2. The second-order valence-electron chi connectivity index (χ2n) is 5.66.